The topological polar surface area (TPSA) is 63.6 Å². The Morgan fingerprint density at radius 3 is 2.67 bits per heavy atom. The van der Waals surface area contributed by atoms with Crippen molar-refractivity contribution >= 4 is 16.8 Å². The van der Waals surface area contributed by atoms with Crippen molar-refractivity contribution in [1.29, 1.82) is 0 Å². The quantitative estimate of drug-likeness (QED) is 0.734. The van der Waals surface area contributed by atoms with E-state index in [1.807, 2.05) is 30.3 Å². The standard InChI is InChI=1S/C13H18O4S/c1-11(10-13(14)15)18(16)9-5-8-17-12-6-3-2-4-7-12/h2-4,6-7,11H,5,8-10H2,1H3,(H,14,15). The SMILES string of the molecule is CC(CC(=O)O)S(=O)CCCOc1ccccc1. The summed E-state index contributed by atoms with van der Waals surface area (Å²) in [5.74, 6) is 0.361. The van der Waals surface area contributed by atoms with Gasteiger partial charge >= 0.3 is 5.97 Å². The minimum atomic E-state index is -1.10. The number of carboxylic acid groups (broad SMARTS) is 1. The molecule has 1 N–H and O–H groups in total. The lowest BCUT2D eigenvalue weighted by atomic mass is 10.3. The van der Waals surface area contributed by atoms with Crippen LogP contribution in [0.15, 0.2) is 30.3 Å². The minimum absolute atomic E-state index is 0.0495. The van der Waals surface area contributed by atoms with Gasteiger partial charge in [0, 0.05) is 21.8 Å². The highest BCUT2D eigenvalue weighted by atomic mass is 32.2. The molecule has 0 heterocycles. The third-order valence-corrected chi connectivity index (χ3v) is 4.17. The van der Waals surface area contributed by atoms with Gasteiger partial charge in [0.15, 0.2) is 0 Å². The Bertz CT molecular complexity index is 391. The molecule has 0 radical (unpaired) electrons. The normalized spacial score (nSPS) is 13.8. The zero-order valence-electron chi connectivity index (χ0n) is 10.4. The summed E-state index contributed by atoms with van der Waals surface area (Å²) in [6.45, 7) is 2.19. The molecule has 0 bridgehead atoms. The Labute approximate surface area is 109 Å². The molecule has 2 unspecified atom stereocenters. The molecule has 0 saturated carbocycles. The summed E-state index contributed by atoms with van der Waals surface area (Å²) in [5.41, 5.74) is 0. The Morgan fingerprint density at radius 2 is 2.06 bits per heavy atom. The van der Waals surface area contributed by atoms with E-state index in [0.717, 1.165) is 5.75 Å². The number of ether oxygens (including phenoxy) is 1. The first-order chi connectivity index (χ1) is 8.59. The zero-order valence-corrected chi connectivity index (χ0v) is 11.2. The van der Waals surface area contributed by atoms with E-state index in [2.05, 4.69) is 0 Å². The molecule has 5 heteroatoms. The van der Waals surface area contributed by atoms with Crippen molar-refractivity contribution in [1.82, 2.24) is 0 Å². The molecule has 1 aromatic rings. The van der Waals surface area contributed by atoms with Crippen molar-refractivity contribution in [3.05, 3.63) is 30.3 Å². The van der Waals surface area contributed by atoms with Gasteiger partial charge in [-0.3, -0.25) is 9.00 Å². The molecule has 4 nitrogen and oxygen atoms in total. The fourth-order valence-corrected chi connectivity index (χ4v) is 2.58. The Kier molecular flexibility index (Phi) is 6.43. The van der Waals surface area contributed by atoms with Crippen LogP contribution in [-0.2, 0) is 15.6 Å². The van der Waals surface area contributed by atoms with Crippen molar-refractivity contribution in [3.63, 3.8) is 0 Å². The third-order valence-electron chi connectivity index (χ3n) is 2.41. The van der Waals surface area contributed by atoms with E-state index in [-0.39, 0.29) is 11.7 Å². The molecule has 100 valence electrons. The molecule has 0 spiro atoms. The van der Waals surface area contributed by atoms with Crippen LogP contribution in [0.4, 0.5) is 0 Å². The maximum atomic E-state index is 11.7. The first-order valence-electron chi connectivity index (χ1n) is 5.86. The summed E-state index contributed by atoms with van der Waals surface area (Å²) in [7, 11) is -1.10. The van der Waals surface area contributed by atoms with Gasteiger partial charge in [0.05, 0.1) is 13.0 Å². The molecule has 2 atom stereocenters. The smallest absolute Gasteiger partial charge is 0.304 e. The summed E-state index contributed by atoms with van der Waals surface area (Å²) in [6.07, 6.45) is 0.609. The van der Waals surface area contributed by atoms with Crippen molar-refractivity contribution in [2.24, 2.45) is 0 Å². The number of aliphatic carboxylic acids is 1. The van der Waals surface area contributed by atoms with Gasteiger partial charge in [-0.25, -0.2) is 0 Å². The maximum Gasteiger partial charge on any atom is 0.304 e. The minimum Gasteiger partial charge on any atom is -0.494 e. The van der Waals surface area contributed by atoms with Crippen molar-refractivity contribution in [2.75, 3.05) is 12.4 Å². The number of hydrogen-bond acceptors (Lipinski definition) is 3. The second-order valence-corrected chi connectivity index (χ2v) is 5.98. The highest BCUT2D eigenvalue weighted by Crippen LogP contribution is 2.09. The second kappa shape index (κ2) is 7.87. The first kappa shape index (κ1) is 14.7. The number of benzene rings is 1. The number of para-hydroxylation sites is 1. The van der Waals surface area contributed by atoms with E-state index in [9.17, 15) is 9.00 Å². The fraction of sp³-hybridized carbons (Fsp3) is 0.462. The van der Waals surface area contributed by atoms with E-state index in [0.29, 0.717) is 18.8 Å². The summed E-state index contributed by atoms with van der Waals surface area (Å²) in [5, 5.41) is 8.29. The Balaban J connectivity index is 2.18. The van der Waals surface area contributed by atoms with Gasteiger partial charge in [0.2, 0.25) is 0 Å². The predicted octanol–water partition coefficient (Wildman–Crippen LogP) is 2.07. The van der Waals surface area contributed by atoms with Crippen LogP contribution < -0.4 is 4.74 Å². The highest BCUT2D eigenvalue weighted by Gasteiger charge is 2.14. The average molecular weight is 270 g/mol. The van der Waals surface area contributed by atoms with E-state index in [1.54, 1.807) is 6.92 Å². The van der Waals surface area contributed by atoms with Crippen molar-refractivity contribution < 1.29 is 18.8 Å². The van der Waals surface area contributed by atoms with Crippen LogP contribution in [0, 0.1) is 0 Å². The monoisotopic (exact) mass is 270 g/mol. The maximum absolute atomic E-state index is 11.7. The van der Waals surface area contributed by atoms with Crippen LogP contribution in [-0.4, -0.2) is 32.9 Å². The second-order valence-electron chi connectivity index (χ2n) is 4.01. The van der Waals surface area contributed by atoms with Crippen LogP contribution in [0.3, 0.4) is 0 Å². The Hall–Kier alpha value is -1.36. The van der Waals surface area contributed by atoms with E-state index in [1.165, 1.54) is 0 Å². The van der Waals surface area contributed by atoms with Gasteiger partial charge in [0.1, 0.15) is 5.75 Å². The summed E-state index contributed by atoms with van der Waals surface area (Å²) >= 11 is 0. The van der Waals surface area contributed by atoms with E-state index in [4.69, 9.17) is 9.84 Å². The lowest BCUT2D eigenvalue weighted by Crippen LogP contribution is -2.19. The predicted molar refractivity (Wildman–Crippen MR) is 71.3 cm³/mol. The summed E-state index contributed by atoms with van der Waals surface area (Å²) in [4.78, 5) is 10.5. The van der Waals surface area contributed by atoms with Gasteiger partial charge in [-0.05, 0) is 18.6 Å². The van der Waals surface area contributed by atoms with Crippen molar-refractivity contribution in [3.8, 4) is 5.75 Å². The fourth-order valence-electron chi connectivity index (χ4n) is 1.45. The van der Waals surface area contributed by atoms with E-state index < -0.39 is 16.8 Å². The van der Waals surface area contributed by atoms with Crippen LogP contribution >= 0.6 is 0 Å². The summed E-state index contributed by atoms with van der Waals surface area (Å²) < 4.78 is 17.1. The Morgan fingerprint density at radius 1 is 1.39 bits per heavy atom. The molecule has 18 heavy (non-hydrogen) atoms. The third kappa shape index (κ3) is 5.82. The van der Waals surface area contributed by atoms with Crippen LogP contribution in [0.5, 0.6) is 5.75 Å². The van der Waals surface area contributed by atoms with Gasteiger partial charge in [-0.15, -0.1) is 0 Å². The molecular weight excluding hydrogens is 252 g/mol. The lowest BCUT2D eigenvalue weighted by molar-refractivity contribution is -0.136. The molecule has 0 aliphatic heterocycles. The zero-order chi connectivity index (χ0) is 13.4. The van der Waals surface area contributed by atoms with Gasteiger partial charge in [-0.2, -0.15) is 0 Å². The molecule has 0 saturated heterocycles. The largest absolute Gasteiger partial charge is 0.494 e. The molecule has 1 rings (SSSR count). The average Bonchev–Trinajstić information content (AvgIpc) is 2.34. The molecule has 1 aromatic carbocycles. The van der Waals surface area contributed by atoms with Gasteiger partial charge in [0.25, 0.3) is 0 Å². The number of hydrogen-bond donors (Lipinski definition) is 1. The van der Waals surface area contributed by atoms with Crippen LogP contribution in [0.25, 0.3) is 0 Å². The molecule has 0 fully saturated rings. The van der Waals surface area contributed by atoms with Gasteiger partial charge < -0.3 is 9.84 Å². The number of carbonyl (C=O) groups is 1. The molecule has 0 aromatic heterocycles. The van der Waals surface area contributed by atoms with E-state index >= 15 is 0 Å². The lowest BCUT2D eigenvalue weighted by Gasteiger charge is -2.09. The number of carboxylic acids is 1. The van der Waals surface area contributed by atoms with Crippen LogP contribution in [0.1, 0.15) is 19.8 Å². The van der Waals surface area contributed by atoms with Crippen LogP contribution in [0.2, 0.25) is 0 Å². The first-order valence-corrected chi connectivity index (χ1v) is 7.24. The van der Waals surface area contributed by atoms with Gasteiger partial charge in [-0.1, -0.05) is 25.1 Å². The highest BCUT2D eigenvalue weighted by molar-refractivity contribution is 7.85. The molecular formula is C13H18O4S. The molecule has 0 aliphatic carbocycles. The summed E-state index contributed by atoms with van der Waals surface area (Å²) in [6, 6.07) is 9.42. The molecule has 0 amide bonds. The number of rotatable bonds is 8. The molecule has 0 aliphatic rings. The van der Waals surface area contributed by atoms with Crippen molar-refractivity contribution in [2.45, 2.75) is 25.0 Å².